The Kier molecular flexibility index (Phi) is 12.1. The van der Waals surface area contributed by atoms with E-state index < -0.39 is 53.0 Å². The Bertz CT molecular complexity index is 435. The summed E-state index contributed by atoms with van der Waals surface area (Å²) in [5.74, 6) is -2.66. The Morgan fingerprint density at radius 3 is 1.83 bits per heavy atom. The van der Waals surface area contributed by atoms with Crippen LogP contribution in [0.25, 0.3) is 0 Å². The fourth-order valence-electron chi connectivity index (χ4n) is 1.47. The van der Waals surface area contributed by atoms with Crippen molar-refractivity contribution < 1.29 is 85.8 Å². The van der Waals surface area contributed by atoms with Crippen molar-refractivity contribution in [3.63, 3.8) is 0 Å². The molecule has 1 aliphatic heterocycles. The third-order valence-electron chi connectivity index (χ3n) is 2.37. The van der Waals surface area contributed by atoms with Crippen molar-refractivity contribution in [3.8, 4) is 0 Å². The Labute approximate surface area is 139 Å². The third kappa shape index (κ3) is 8.95. The summed E-state index contributed by atoms with van der Waals surface area (Å²) in [5.41, 5.74) is 0. The second kappa shape index (κ2) is 9.85. The van der Waals surface area contributed by atoms with E-state index in [4.69, 9.17) is 19.6 Å². The molecular weight excluding hydrogens is 414 g/mol. The Morgan fingerprint density at radius 1 is 1.00 bits per heavy atom. The molecule has 0 aromatic carbocycles. The van der Waals surface area contributed by atoms with E-state index in [9.17, 15) is 24.4 Å². The van der Waals surface area contributed by atoms with Gasteiger partial charge in [0.1, 0.15) is 24.9 Å². The second-order valence-corrected chi connectivity index (χ2v) is 6.47. The molecule has 0 aromatic rings. The zero-order valence-corrected chi connectivity index (χ0v) is 14.0. The van der Waals surface area contributed by atoms with Crippen molar-refractivity contribution in [1.29, 1.82) is 0 Å². The molecule has 0 amide bonds. The van der Waals surface area contributed by atoms with Crippen LogP contribution in [-0.4, -0.2) is 83.2 Å². The van der Waals surface area contributed by atoms with Crippen LogP contribution in [0.1, 0.15) is 0 Å². The Balaban J connectivity index is -0.00000133. The third-order valence-corrected chi connectivity index (χ3v) is 3.32. The van der Waals surface area contributed by atoms with E-state index in [0.717, 1.165) is 0 Å². The van der Waals surface area contributed by atoms with Crippen molar-refractivity contribution in [3.05, 3.63) is 0 Å². The second-order valence-electron chi connectivity index (χ2n) is 3.99. The summed E-state index contributed by atoms with van der Waals surface area (Å²) in [6.45, 7) is -2.05. The normalized spacial score (nSPS) is 30.8. The van der Waals surface area contributed by atoms with Gasteiger partial charge in [-0.1, -0.05) is 0 Å². The van der Waals surface area contributed by atoms with Gasteiger partial charge in [-0.25, -0.2) is 9.13 Å². The number of rotatable bonds is 6. The minimum atomic E-state index is -4.96. The molecule has 0 unspecified atom stereocenters. The average Bonchev–Trinajstić information content (AvgIpc) is 2.48. The monoisotopic (exact) mass is 432 g/mol. The van der Waals surface area contributed by atoms with Crippen LogP contribution in [0.2, 0.25) is 0 Å². The minimum absolute atomic E-state index is 0. The van der Waals surface area contributed by atoms with Gasteiger partial charge in [0.05, 0.1) is 6.61 Å². The molecule has 1 fully saturated rings. The molecule has 0 saturated carbocycles. The summed E-state index contributed by atoms with van der Waals surface area (Å²) < 4.78 is 33.6. The van der Waals surface area contributed by atoms with Gasteiger partial charge < -0.3 is 50.6 Å². The van der Waals surface area contributed by atoms with Crippen molar-refractivity contribution in [2.75, 3.05) is 13.2 Å². The molecule has 1 aliphatic rings. The Hall–Kier alpha value is 0.499. The predicted octanol–water partition coefficient (Wildman–Crippen LogP) is -4.64. The zero-order valence-electron chi connectivity index (χ0n) is 11.1. The van der Waals surface area contributed by atoms with Gasteiger partial charge in [-0.2, -0.15) is 0 Å². The first-order valence-corrected chi connectivity index (χ1v) is 8.07. The van der Waals surface area contributed by atoms with E-state index in [2.05, 4.69) is 13.8 Å². The molecule has 0 bridgehead atoms. The number of hydrogen-bond acceptors (Lipinski definition) is 8. The first kappa shape index (κ1) is 28.3. The molecule has 0 spiro atoms. The maximum absolute atomic E-state index is 10.5. The van der Waals surface area contributed by atoms with Crippen molar-refractivity contribution in [2.24, 2.45) is 0 Å². The van der Waals surface area contributed by atoms with Gasteiger partial charge in [0.2, 0.25) is 5.79 Å². The van der Waals surface area contributed by atoms with E-state index in [1.165, 1.54) is 0 Å². The maximum atomic E-state index is 10.5. The molecule has 1 rings (SSSR count). The number of phosphoric ester groups is 2. The first-order valence-electron chi connectivity index (χ1n) is 5.00. The van der Waals surface area contributed by atoms with E-state index in [1.54, 1.807) is 0 Å². The van der Waals surface area contributed by atoms with Gasteiger partial charge in [-0.15, -0.1) is 0 Å². The molecule has 11 N–H and O–H groups in total. The molecule has 0 aromatic heterocycles. The molecule has 1 saturated heterocycles. The predicted molar refractivity (Wildman–Crippen MR) is 65.1 cm³/mol. The fraction of sp³-hybridized carbons (Fsp3) is 1.00. The molecule has 14 nitrogen and oxygen atoms in total. The van der Waals surface area contributed by atoms with Crippen molar-refractivity contribution >= 4 is 15.6 Å². The number of phosphoric acid groups is 2. The standard InChI is InChI=1S/C6H14O12P2.Fe.2H2O/c7-4-3(1-16-19(10,11)12)18-6(9,5(4)8)2-17-20(13,14)15;;;/h3-5,7-9H,1-2H2,(H2,10,11,12)(H2,13,14,15);;2*1H2/t3-,4-,5+,6-;;;/m1.../s1. The summed E-state index contributed by atoms with van der Waals surface area (Å²) in [6, 6.07) is 0. The van der Waals surface area contributed by atoms with Crippen LogP contribution in [0.5, 0.6) is 0 Å². The number of aliphatic hydroxyl groups is 3. The fourth-order valence-corrected chi connectivity index (χ4v) is 2.17. The van der Waals surface area contributed by atoms with E-state index in [0.29, 0.717) is 0 Å². The summed E-state index contributed by atoms with van der Waals surface area (Å²) in [5, 5.41) is 28.8. The van der Waals surface area contributed by atoms with Crippen LogP contribution in [0.15, 0.2) is 0 Å². The maximum Gasteiger partial charge on any atom is 0.469 e. The van der Waals surface area contributed by atoms with Crippen molar-refractivity contribution in [2.45, 2.75) is 24.1 Å². The van der Waals surface area contributed by atoms with Crippen LogP contribution in [0, 0.1) is 0 Å². The van der Waals surface area contributed by atoms with Crippen LogP contribution in [0.4, 0.5) is 0 Å². The molecule has 23 heavy (non-hydrogen) atoms. The number of aliphatic hydroxyl groups excluding tert-OH is 2. The molecule has 0 aliphatic carbocycles. The molecule has 1 heterocycles. The molecule has 0 radical (unpaired) electrons. The van der Waals surface area contributed by atoms with Crippen LogP contribution in [0.3, 0.4) is 0 Å². The van der Waals surface area contributed by atoms with Crippen LogP contribution in [-0.2, 0) is 40.0 Å². The summed E-state index contributed by atoms with van der Waals surface area (Å²) in [7, 11) is -9.82. The first-order chi connectivity index (χ1) is 8.84. The van der Waals surface area contributed by atoms with Gasteiger partial charge in [0.15, 0.2) is 0 Å². The van der Waals surface area contributed by atoms with E-state index in [-0.39, 0.29) is 28.0 Å². The average molecular weight is 432 g/mol. The number of hydrogen-bond donors (Lipinski definition) is 7. The van der Waals surface area contributed by atoms with Gasteiger partial charge in [0.25, 0.3) is 0 Å². The zero-order chi connectivity index (χ0) is 15.8. The van der Waals surface area contributed by atoms with Crippen LogP contribution >= 0.6 is 15.6 Å². The Morgan fingerprint density at radius 2 is 1.43 bits per heavy atom. The van der Waals surface area contributed by atoms with Gasteiger partial charge in [-0.05, 0) is 0 Å². The molecular formula is C6H18FeO14P2. The van der Waals surface area contributed by atoms with Gasteiger partial charge in [-0.3, -0.25) is 9.05 Å². The molecule has 4 atom stereocenters. The smallest absolute Gasteiger partial charge is 0.412 e. The number of ether oxygens (including phenoxy) is 1. The summed E-state index contributed by atoms with van der Waals surface area (Å²) in [4.78, 5) is 33.9. The van der Waals surface area contributed by atoms with E-state index >= 15 is 0 Å². The van der Waals surface area contributed by atoms with Crippen molar-refractivity contribution in [1.82, 2.24) is 0 Å². The summed E-state index contributed by atoms with van der Waals surface area (Å²) >= 11 is 0. The van der Waals surface area contributed by atoms with Crippen LogP contribution < -0.4 is 0 Å². The largest absolute Gasteiger partial charge is 0.469 e. The molecule has 144 valence electrons. The SMILES string of the molecule is O.O.O=P(O)(O)OC[C@H]1O[C@](O)(COP(=O)(O)O)[C@@H](O)[C@@H]1O.[Fe]. The topological polar surface area (TPSA) is 266 Å². The molecule has 17 heteroatoms. The minimum Gasteiger partial charge on any atom is -0.412 e. The van der Waals surface area contributed by atoms with Gasteiger partial charge >= 0.3 is 15.6 Å². The van der Waals surface area contributed by atoms with Gasteiger partial charge in [0, 0.05) is 17.1 Å². The summed E-state index contributed by atoms with van der Waals surface area (Å²) in [6.07, 6.45) is -5.38. The van der Waals surface area contributed by atoms with E-state index in [1.807, 2.05) is 0 Å². The quantitative estimate of drug-likeness (QED) is 0.154.